The lowest BCUT2D eigenvalue weighted by Crippen LogP contribution is -2.43. The fourth-order valence-electron chi connectivity index (χ4n) is 3.46. The molecule has 3 rings (SSSR count). The Morgan fingerprint density at radius 3 is 2.43 bits per heavy atom. The Balaban J connectivity index is 1.68. The molecule has 6 heteroatoms. The SMILES string of the molecule is COc1cc(NC(=O)[C@H]2CCCN(C(=O)c3cccc(C)c3)C2)cc(OC)c1. The highest BCUT2D eigenvalue weighted by Gasteiger charge is 2.29. The third-order valence-corrected chi connectivity index (χ3v) is 4.96. The van der Waals surface area contributed by atoms with Gasteiger partial charge < -0.3 is 19.7 Å². The third kappa shape index (κ3) is 4.63. The van der Waals surface area contributed by atoms with Crippen LogP contribution in [0.2, 0.25) is 0 Å². The quantitative estimate of drug-likeness (QED) is 0.859. The molecular formula is C22H26N2O4. The van der Waals surface area contributed by atoms with Crippen molar-refractivity contribution in [3.63, 3.8) is 0 Å². The van der Waals surface area contributed by atoms with Crippen molar-refractivity contribution in [3.8, 4) is 11.5 Å². The molecular weight excluding hydrogens is 356 g/mol. The van der Waals surface area contributed by atoms with Crippen LogP contribution in [0.25, 0.3) is 0 Å². The molecule has 0 radical (unpaired) electrons. The van der Waals surface area contributed by atoms with E-state index < -0.39 is 0 Å². The van der Waals surface area contributed by atoms with Crippen LogP contribution in [0.1, 0.15) is 28.8 Å². The van der Waals surface area contributed by atoms with Gasteiger partial charge in [0, 0.05) is 42.5 Å². The zero-order valence-electron chi connectivity index (χ0n) is 16.5. The minimum Gasteiger partial charge on any atom is -0.497 e. The van der Waals surface area contributed by atoms with Gasteiger partial charge in [-0.15, -0.1) is 0 Å². The van der Waals surface area contributed by atoms with Crippen molar-refractivity contribution in [2.75, 3.05) is 32.6 Å². The van der Waals surface area contributed by atoms with E-state index >= 15 is 0 Å². The van der Waals surface area contributed by atoms with E-state index in [2.05, 4.69) is 5.32 Å². The first-order chi connectivity index (χ1) is 13.5. The molecule has 1 aliphatic rings. The minimum atomic E-state index is -0.250. The van der Waals surface area contributed by atoms with Crippen molar-refractivity contribution in [2.24, 2.45) is 5.92 Å². The molecule has 1 N–H and O–H groups in total. The van der Waals surface area contributed by atoms with Crippen molar-refractivity contribution < 1.29 is 19.1 Å². The summed E-state index contributed by atoms with van der Waals surface area (Å²) in [6.45, 7) is 3.05. The molecule has 0 spiro atoms. The molecule has 0 bridgehead atoms. The molecule has 2 amide bonds. The van der Waals surface area contributed by atoms with E-state index in [1.54, 1.807) is 37.3 Å². The van der Waals surface area contributed by atoms with Crippen LogP contribution in [-0.4, -0.2) is 44.0 Å². The molecule has 28 heavy (non-hydrogen) atoms. The number of hydrogen-bond acceptors (Lipinski definition) is 4. The van der Waals surface area contributed by atoms with Gasteiger partial charge >= 0.3 is 0 Å². The molecule has 0 unspecified atom stereocenters. The van der Waals surface area contributed by atoms with Crippen LogP contribution in [0.4, 0.5) is 5.69 Å². The Morgan fingerprint density at radius 1 is 1.07 bits per heavy atom. The van der Waals surface area contributed by atoms with Crippen LogP contribution in [0.3, 0.4) is 0 Å². The van der Waals surface area contributed by atoms with Crippen LogP contribution in [0.15, 0.2) is 42.5 Å². The number of nitrogens with zero attached hydrogens (tertiary/aromatic N) is 1. The normalized spacial score (nSPS) is 16.4. The van der Waals surface area contributed by atoms with Crippen LogP contribution in [-0.2, 0) is 4.79 Å². The number of anilines is 1. The summed E-state index contributed by atoms with van der Waals surface area (Å²) in [6.07, 6.45) is 1.56. The summed E-state index contributed by atoms with van der Waals surface area (Å²) in [4.78, 5) is 27.4. The number of hydrogen-bond donors (Lipinski definition) is 1. The smallest absolute Gasteiger partial charge is 0.253 e. The van der Waals surface area contributed by atoms with Gasteiger partial charge in [0.2, 0.25) is 5.91 Å². The lowest BCUT2D eigenvalue weighted by molar-refractivity contribution is -0.121. The fourth-order valence-corrected chi connectivity index (χ4v) is 3.46. The molecule has 1 saturated heterocycles. The molecule has 148 valence electrons. The summed E-state index contributed by atoms with van der Waals surface area (Å²) in [5.74, 6) is 0.838. The number of ether oxygens (including phenoxy) is 2. The zero-order valence-corrected chi connectivity index (χ0v) is 16.5. The van der Waals surface area contributed by atoms with Crippen molar-refractivity contribution in [3.05, 3.63) is 53.6 Å². The molecule has 2 aromatic rings. The van der Waals surface area contributed by atoms with Crippen molar-refractivity contribution >= 4 is 17.5 Å². The molecule has 1 atom stereocenters. The van der Waals surface area contributed by atoms with E-state index in [1.165, 1.54) is 0 Å². The van der Waals surface area contributed by atoms with Gasteiger partial charge in [0.1, 0.15) is 11.5 Å². The van der Waals surface area contributed by atoms with Gasteiger partial charge in [-0.1, -0.05) is 17.7 Å². The maximum Gasteiger partial charge on any atom is 0.253 e. The van der Waals surface area contributed by atoms with E-state index in [4.69, 9.17) is 9.47 Å². The number of carbonyl (C=O) groups excluding carboxylic acids is 2. The topological polar surface area (TPSA) is 67.9 Å². The molecule has 1 fully saturated rings. The first-order valence-electron chi connectivity index (χ1n) is 9.40. The van der Waals surface area contributed by atoms with E-state index in [9.17, 15) is 9.59 Å². The molecule has 2 aromatic carbocycles. The molecule has 1 aliphatic heterocycles. The Bertz CT molecular complexity index is 843. The second-order valence-corrected chi connectivity index (χ2v) is 7.05. The highest BCUT2D eigenvalue weighted by atomic mass is 16.5. The monoisotopic (exact) mass is 382 g/mol. The number of likely N-dealkylation sites (tertiary alicyclic amines) is 1. The maximum atomic E-state index is 12.8. The summed E-state index contributed by atoms with van der Waals surface area (Å²) in [5.41, 5.74) is 2.33. The van der Waals surface area contributed by atoms with Gasteiger partial charge in [0.15, 0.2) is 0 Å². The van der Waals surface area contributed by atoms with Gasteiger partial charge in [0.05, 0.1) is 20.1 Å². The summed E-state index contributed by atoms with van der Waals surface area (Å²) in [5, 5.41) is 2.93. The average Bonchev–Trinajstić information content (AvgIpc) is 2.72. The fraction of sp³-hybridized carbons (Fsp3) is 0.364. The highest BCUT2D eigenvalue weighted by Crippen LogP contribution is 2.27. The average molecular weight is 382 g/mol. The number of aryl methyl sites for hydroxylation is 1. The number of piperidine rings is 1. The Morgan fingerprint density at radius 2 is 1.79 bits per heavy atom. The second kappa shape index (κ2) is 8.78. The van der Waals surface area contributed by atoms with Gasteiger partial charge in [-0.25, -0.2) is 0 Å². The maximum absolute atomic E-state index is 12.8. The summed E-state index contributed by atoms with van der Waals surface area (Å²) >= 11 is 0. The van der Waals surface area contributed by atoms with Crippen LogP contribution in [0.5, 0.6) is 11.5 Å². The predicted molar refractivity (Wildman–Crippen MR) is 108 cm³/mol. The number of methoxy groups -OCH3 is 2. The Kier molecular flexibility index (Phi) is 6.19. The first kappa shape index (κ1) is 19.7. The second-order valence-electron chi connectivity index (χ2n) is 7.05. The van der Waals surface area contributed by atoms with Crippen LogP contribution < -0.4 is 14.8 Å². The van der Waals surface area contributed by atoms with Crippen LogP contribution in [0, 0.1) is 12.8 Å². The van der Waals surface area contributed by atoms with Crippen molar-refractivity contribution in [1.82, 2.24) is 4.90 Å². The number of carbonyl (C=O) groups is 2. The van der Waals surface area contributed by atoms with E-state index in [-0.39, 0.29) is 17.7 Å². The van der Waals surface area contributed by atoms with Crippen molar-refractivity contribution in [2.45, 2.75) is 19.8 Å². The van der Waals surface area contributed by atoms with Gasteiger partial charge in [-0.2, -0.15) is 0 Å². The van der Waals surface area contributed by atoms with E-state index in [1.807, 2.05) is 31.2 Å². The van der Waals surface area contributed by atoms with Gasteiger partial charge in [-0.05, 0) is 31.9 Å². The van der Waals surface area contributed by atoms with Gasteiger partial charge in [0.25, 0.3) is 5.91 Å². The molecule has 6 nitrogen and oxygen atoms in total. The molecule has 1 heterocycles. The standard InChI is InChI=1S/C22H26N2O4/c1-15-6-4-7-16(10-15)22(26)24-9-5-8-17(14-24)21(25)23-18-11-19(27-2)13-20(12-18)28-3/h4,6-7,10-13,17H,5,8-9,14H2,1-3H3,(H,23,25)/t17-/m0/s1. The minimum absolute atomic E-state index is 0.0238. The molecule has 0 aliphatic carbocycles. The summed E-state index contributed by atoms with van der Waals surface area (Å²) in [6, 6.07) is 12.8. The Labute approximate surface area is 165 Å². The zero-order chi connectivity index (χ0) is 20.1. The Hall–Kier alpha value is -3.02. The van der Waals surface area contributed by atoms with E-state index in [0.717, 1.165) is 18.4 Å². The number of amides is 2. The number of nitrogens with one attached hydrogen (secondary N) is 1. The highest BCUT2D eigenvalue weighted by molar-refractivity contribution is 5.96. The number of rotatable bonds is 5. The largest absolute Gasteiger partial charge is 0.497 e. The van der Waals surface area contributed by atoms with Crippen molar-refractivity contribution in [1.29, 1.82) is 0 Å². The predicted octanol–water partition coefficient (Wildman–Crippen LogP) is 3.50. The first-order valence-corrected chi connectivity index (χ1v) is 9.40. The molecule has 0 aromatic heterocycles. The summed E-state index contributed by atoms with van der Waals surface area (Å²) < 4.78 is 10.5. The van der Waals surface area contributed by atoms with Gasteiger partial charge in [-0.3, -0.25) is 9.59 Å². The third-order valence-electron chi connectivity index (χ3n) is 4.96. The lowest BCUT2D eigenvalue weighted by Gasteiger charge is -2.32. The molecule has 0 saturated carbocycles. The number of benzene rings is 2. The van der Waals surface area contributed by atoms with E-state index in [0.29, 0.717) is 35.8 Å². The van der Waals surface area contributed by atoms with Crippen LogP contribution >= 0.6 is 0 Å². The lowest BCUT2D eigenvalue weighted by atomic mass is 9.96. The summed E-state index contributed by atoms with van der Waals surface area (Å²) in [7, 11) is 3.13.